The molecule has 1 rings (SSSR count). The fourth-order valence-electron chi connectivity index (χ4n) is 1.79. The Morgan fingerprint density at radius 1 is 1.43 bits per heavy atom. The lowest BCUT2D eigenvalue weighted by Crippen LogP contribution is -2.02. The van der Waals surface area contributed by atoms with Gasteiger partial charge in [-0.2, -0.15) is 0 Å². The Hall–Kier alpha value is 0.180. The van der Waals surface area contributed by atoms with E-state index < -0.39 is 0 Å². The van der Waals surface area contributed by atoms with E-state index in [-0.39, 0.29) is 0 Å². The molecule has 0 aromatic carbocycles. The standard InChI is InChI=1S/C12H19BrS/c1-5-6-8(2)11(13)12-9(3)7-10(4)14-12/h7-8,11H,5-6H2,1-4H3. The molecule has 2 atom stereocenters. The third-order valence-electron chi connectivity index (χ3n) is 2.57. The Kier molecular flexibility index (Phi) is 4.65. The van der Waals surface area contributed by atoms with Crippen molar-refractivity contribution in [2.24, 2.45) is 5.92 Å². The van der Waals surface area contributed by atoms with Crippen LogP contribution in [0.5, 0.6) is 0 Å². The molecule has 0 aliphatic heterocycles. The molecule has 14 heavy (non-hydrogen) atoms. The zero-order chi connectivity index (χ0) is 10.7. The summed E-state index contributed by atoms with van der Waals surface area (Å²) in [5.74, 6) is 0.733. The lowest BCUT2D eigenvalue weighted by Gasteiger charge is -2.17. The van der Waals surface area contributed by atoms with Crippen molar-refractivity contribution in [3.63, 3.8) is 0 Å². The van der Waals surface area contributed by atoms with Gasteiger partial charge in [-0.1, -0.05) is 36.2 Å². The van der Waals surface area contributed by atoms with Crippen molar-refractivity contribution < 1.29 is 0 Å². The molecule has 0 aliphatic carbocycles. The zero-order valence-corrected chi connectivity index (χ0v) is 11.8. The zero-order valence-electron chi connectivity index (χ0n) is 9.43. The lowest BCUT2D eigenvalue weighted by molar-refractivity contribution is 0.521. The largest absolute Gasteiger partial charge is 0.144 e. The second-order valence-corrected chi connectivity index (χ2v) is 6.35. The summed E-state index contributed by atoms with van der Waals surface area (Å²) < 4.78 is 0. The Bertz CT molecular complexity index is 291. The molecule has 0 amide bonds. The molecule has 2 unspecified atom stereocenters. The highest BCUT2D eigenvalue weighted by Gasteiger charge is 2.18. The van der Waals surface area contributed by atoms with Gasteiger partial charge in [-0.3, -0.25) is 0 Å². The summed E-state index contributed by atoms with van der Waals surface area (Å²) in [7, 11) is 0. The smallest absolute Gasteiger partial charge is 0.0517 e. The number of hydrogen-bond acceptors (Lipinski definition) is 1. The van der Waals surface area contributed by atoms with Gasteiger partial charge in [0.25, 0.3) is 0 Å². The Labute approximate surface area is 99.9 Å². The molecule has 80 valence electrons. The molecule has 0 N–H and O–H groups in total. The van der Waals surface area contributed by atoms with E-state index in [4.69, 9.17) is 0 Å². The monoisotopic (exact) mass is 274 g/mol. The molecule has 0 fully saturated rings. The van der Waals surface area contributed by atoms with Crippen molar-refractivity contribution >= 4 is 27.3 Å². The SMILES string of the molecule is CCCC(C)C(Br)c1sc(C)cc1C. The first-order valence-electron chi connectivity index (χ1n) is 5.27. The lowest BCUT2D eigenvalue weighted by atomic mass is 10.00. The first-order valence-corrected chi connectivity index (χ1v) is 7.00. The number of thiophene rings is 1. The number of aryl methyl sites for hydroxylation is 2. The molecule has 0 saturated carbocycles. The molecule has 1 heterocycles. The third-order valence-corrected chi connectivity index (χ3v) is 5.47. The second kappa shape index (κ2) is 5.32. The third kappa shape index (κ3) is 2.83. The molecule has 0 bridgehead atoms. The van der Waals surface area contributed by atoms with Crippen LogP contribution >= 0.6 is 27.3 Å². The van der Waals surface area contributed by atoms with Crippen molar-refractivity contribution in [1.29, 1.82) is 0 Å². The topological polar surface area (TPSA) is 0 Å². The van der Waals surface area contributed by atoms with Crippen LogP contribution in [0.1, 0.15) is 46.8 Å². The van der Waals surface area contributed by atoms with E-state index in [1.54, 1.807) is 0 Å². The normalized spacial score (nSPS) is 15.5. The summed E-state index contributed by atoms with van der Waals surface area (Å²) in [6.07, 6.45) is 2.57. The van der Waals surface area contributed by atoms with E-state index in [0.717, 1.165) is 5.92 Å². The Balaban J connectivity index is 2.77. The average Bonchev–Trinajstić information content (AvgIpc) is 2.44. The maximum absolute atomic E-state index is 3.83. The van der Waals surface area contributed by atoms with E-state index in [9.17, 15) is 0 Å². The molecule has 0 saturated heterocycles. The molecular formula is C12H19BrS. The molecule has 0 radical (unpaired) electrons. The average molecular weight is 275 g/mol. The van der Waals surface area contributed by atoms with Crippen molar-refractivity contribution in [3.8, 4) is 0 Å². The molecule has 0 nitrogen and oxygen atoms in total. The molecule has 1 aromatic heterocycles. The van der Waals surface area contributed by atoms with Crippen molar-refractivity contribution in [2.75, 3.05) is 0 Å². The fraction of sp³-hybridized carbons (Fsp3) is 0.667. The van der Waals surface area contributed by atoms with Crippen molar-refractivity contribution in [2.45, 2.75) is 45.4 Å². The quantitative estimate of drug-likeness (QED) is 0.659. The van der Waals surface area contributed by atoms with Gasteiger partial charge < -0.3 is 0 Å². The molecule has 0 spiro atoms. The van der Waals surface area contributed by atoms with Crippen molar-refractivity contribution in [1.82, 2.24) is 0 Å². The highest BCUT2D eigenvalue weighted by molar-refractivity contribution is 9.09. The van der Waals surface area contributed by atoms with Crippen molar-refractivity contribution in [3.05, 3.63) is 21.4 Å². The van der Waals surface area contributed by atoms with Crippen LogP contribution in [0.2, 0.25) is 0 Å². The number of alkyl halides is 1. The summed E-state index contributed by atoms with van der Waals surface area (Å²) in [5, 5.41) is 0. The summed E-state index contributed by atoms with van der Waals surface area (Å²) >= 11 is 5.76. The van der Waals surface area contributed by atoms with Gasteiger partial charge >= 0.3 is 0 Å². The van der Waals surface area contributed by atoms with Gasteiger partial charge in [-0.05, 0) is 37.8 Å². The van der Waals surface area contributed by atoms with E-state index >= 15 is 0 Å². The van der Waals surface area contributed by atoms with Crippen LogP contribution in [-0.2, 0) is 0 Å². The fourth-order valence-corrected chi connectivity index (χ4v) is 3.85. The van der Waals surface area contributed by atoms with Crippen LogP contribution in [0.15, 0.2) is 6.07 Å². The minimum absolute atomic E-state index is 0.543. The molecule has 1 aromatic rings. The summed E-state index contributed by atoms with van der Waals surface area (Å²) in [6.45, 7) is 8.98. The van der Waals surface area contributed by atoms with Gasteiger partial charge in [0.2, 0.25) is 0 Å². The van der Waals surface area contributed by atoms with Crippen LogP contribution in [-0.4, -0.2) is 0 Å². The predicted molar refractivity (Wildman–Crippen MR) is 69.5 cm³/mol. The number of halogens is 1. The maximum Gasteiger partial charge on any atom is 0.0517 e. The van der Waals surface area contributed by atoms with E-state index in [1.807, 2.05) is 11.3 Å². The molecule has 2 heteroatoms. The Morgan fingerprint density at radius 2 is 2.07 bits per heavy atom. The van der Waals surface area contributed by atoms with Gasteiger partial charge in [0.15, 0.2) is 0 Å². The van der Waals surface area contributed by atoms with Crippen LogP contribution < -0.4 is 0 Å². The minimum atomic E-state index is 0.543. The number of hydrogen-bond donors (Lipinski definition) is 0. The number of rotatable bonds is 4. The molecular weight excluding hydrogens is 256 g/mol. The Morgan fingerprint density at radius 3 is 2.50 bits per heavy atom. The van der Waals surface area contributed by atoms with Crippen LogP contribution in [0.4, 0.5) is 0 Å². The first kappa shape index (κ1) is 12.3. The molecule has 0 aliphatic rings. The van der Waals surface area contributed by atoms with Gasteiger partial charge in [0, 0.05) is 9.75 Å². The van der Waals surface area contributed by atoms with Crippen LogP contribution in [0, 0.1) is 19.8 Å². The van der Waals surface area contributed by atoms with Gasteiger partial charge in [-0.25, -0.2) is 0 Å². The highest BCUT2D eigenvalue weighted by Crippen LogP contribution is 2.39. The van der Waals surface area contributed by atoms with Gasteiger partial charge in [0.1, 0.15) is 0 Å². The minimum Gasteiger partial charge on any atom is -0.144 e. The van der Waals surface area contributed by atoms with E-state index in [1.165, 1.54) is 28.2 Å². The summed E-state index contributed by atoms with van der Waals surface area (Å²) in [4.78, 5) is 3.48. The maximum atomic E-state index is 3.83. The van der Waals surface area contributed by atoms with E-state index in [2.05, 4.69) is 49.7 Å². The van der Waals surface area contributed by atoms with Gasteiger partial charge in [0.05, 0.1) is 4.83 Å². The second-order valence-electron chi connectivity index (χ2n) is 4.07. The summed E-state index contributed by atoms with van der Waals surface area (Å²) in [6, 6.07) is 2.28. The van der Waals surface area contributed by atoms with Crippen LogP contribution in [0.25, 0.3) is 0 Å². The highest BCUT2D eigenvalue weighted by atomic mass is 79.9. The van der Waals surface area contributed by atoms with E-state index in [0.29, 0.717) is 4.83 Å². The first-order chi connectivity index (χ1) is 6.56. The summed E-state index contributed by atoms with van der Waals surface area (Å²) in [5.41, 5.74) is 1.44. The van der Waals surface area contributed by atoms with Gasteiger partial charge in [-0.15, -0.1) is 11.3 Å². The van der Waals surface area contributed by atoms with Crippen LogP contribution in [0.3, 0.4) is 0 Å². The predicted octanol–water partition coefficient (Wildman–Crippen LogP) is 5.24.